The van der Waals surface area contributed by atoms with Gasteiger partial charge in [-0.2, -0.15) is 0 Å². The summed E-state index contributed by atoms with van der Waals surface area (Å²) < 4.78 is 7.51. The Morgan fingerprint density at radius 2 is 2.20 bits per heavy atom. The highest BCUT2D eigenvalue weighted by Gasteiger charge is 2.12. The fourth-order valence-electron chi connectivity index (χ4n) is 2.41. The molecule has 0 saturated carbocycles. The van der Waals surface area contributed by atoms with E-state index in [0.29, 0.717) is 0 Å². The van der Waals surface area contributed by atoms with Gasteiger partial charge in [0.15, 0.2) is 11.6 Å². The van der Waals surface area contributed by atoms with Crippen molar-refractivity contribution in [2.75, 3.05) is 0 Å². The van der Waals surface area contributed by atoms with E-state index in [1.54, 1.807) is 6.26 Å². The molecule has 0 amide bonds. The second-order valence-electron chi connectivity index (χ2n) is 5.31. The predicted octanol–water partition coefficient (Wildman–Crippen LogP) is 3.11. The molecular formula is C16H19N3O. The molecule has 0 fully saturated rings. The Morgan fingerprint density at radius 3 is 2.90 bits per heavy atom. The number of furan rings is 1. The van der Waals surface area contributed by atoms with Gasteiger partial charge in [-0.05, 0) is 49.6 Å². The highest BCUT2D eigenvalue weighted by molar-refractivity contribution is 5.80. The summed E-state index contributed by atoms with van der Waals surface area (Å²) in [6.45, 7) is 2.04. The molecule has 3 rings (SSSR count). The maximum atomic E-state index is 5.82. The third kappa shape index (κ3) is 2.34. The van der Waals surface area contributed by atoms with Crippen LogP contribution in [0, 0.1) is 0 Å². The van der Waals surface area contributed by atoms with E-state index in [1.807, 2.05) is 26.1 Å². The van der Waals surface area contributed by atoms with Crippen molar-refractivity contribution in [2.24, 2.45) is 12.8 Å². The fourth-order valence-corrected chi connectivity index (χ4v) is 2.41. The Labute approximate surface area is 118 Å². The number of imidazole rings is 1. The van der Waals surface area contributed by atoms with Crippen LogP contribution in [0.3, 0.4) is 0 Å². The molecule has 2 heterocycles. The summed E-state index contributed by atoms with van der Waals surface area (Å²) in [6.07, 6.45) is 3.66. The van der Waals surface area contributed by atoms with Gasteiger partial charge in [0.1, 0.15) is 0 Å². The first kappa shape index (κ1) is 12.9. The zero-order valence-corrected chi connectivity index (χ0v) is 11.8. The molecule has 0 spiro atoms. The van der Waals surface area contributed by atoms with Crippen LogP contribution in [-0.2, 0) is 13.5 Å². The molecule has 4 nitrogen and oxygen atoms in total. The second-order valence-corrected chi connectivity index (χ2v) is 5.31. The van der Waals surface area contributed by atoms with Crippen molar-refractivity contribution in [1.29, 1.82) is 0 Å². The number of hydrogen-bond donors (Lipinski definition) is 1. The quantitative estimate of drug-likeness (QED) is 0.791. The summed E-state index contributed by atoms with van der Waals surface area (Å²) in [5, 5.41) is 0. The number of nitrogens with zero attached hydrogens (tertiary/aromatic N) is 2. The van der Waals surface area contributed by atoms with E-state index in [1.165, 1.54) is 5.56 Å². The van der Waals surface area contributed by atoms with Gasteiger partial charge in [-0.3, -0.25) is 0 Å². The van der Waals surface area contributed by atoms with Crippen LogP contribution in [-0.4, -0.2) is 15.6 Å². The number of hydrogen-bond acceptors (Lipinski definition) is 3. The van der Waals surface area contributed by atoms with Crippen LogP contribution < -0.4 is 5.73 Å². The summed E-state index contributed by atoms with van der Waals surface area (Å²) in [5.74, 6) is 1.65. The summed E-state index contributed by atoms with van der Waals surface area (Å²) in [6, 6.07) is 10.4. The van der Waals surface area contributed by atoms with Crippen LogP contribution in [0.1, 0.15) is 18.9 Å². The molecule has 0 saturated heterocycles. The predicted molar refractivity (Wildman–Crippen MR) is 80.4 cm³/mol. The van der Waals surface area contributed by atoms with Crippen LogP contribution in [0.25, 0.3) is 22.6 Å². The van der Waals surface area contributed by atoms with E-state index < -0.39 is 0 Å². The van der Waals surface area contributed by atoms with Crippen molar-refractivity contribution in [3.8, 4) is 11.6 Å². The van der Waals surface area contributed by atoms with Gasteiger partial charge in [0.2, 0.25) is 0 Å². The minimum absolute atomic E-state index is 0.232. The molecular weight excluding hydrogens is 250 g/mol. The molecule has 0 aliphatic carbocycles. The Kier molecular flexibility index (Phi) is 3.32. The molecule has 3 aromatic rings. The molecule has 20 heavy (non-hydrogen) atoms. The molecule has 104 valence electrons. The van der Waals surface area contributed by atoms with Gasteiger partial charge in [0, 0.05) is 13.1 Å². The minimum atomic E-state index is 0.232. The molecule has 1 atom stereocenters. The molecule has 0 aliphatic heterocycles. The maximum absolute atomic E-state index is 5.82. The molecule has 1 unspecified atom stereocenters. The largest absolute Gasteiger partial charge is 0.461 e. The lowest BCUT2D eigenvalue weighted by molar-refractivity contribution is 0.574. The van der Waals surface area contributed by atoms with E-state index in [-0.39, 0.29) is 6.04 Å². The average molecular weight is 269 g/mol. The molecule has 1 aromatic carbocycles. The normalized spacial score (nSPS) is 12.9. The van der Waals surface area contributed by atoms with E-state index in [2.05, 4.69) is 27.8 Å². The zero-order chi connectivity index (χ0) is 14.1. The van der Waals surface area contributed by atoms with Crippen molar-refractivity contribution in [3.05, 3.63) is 42.2 Å². The van der Waals surface area contributed by atoms with Crippen molar-refractivity contribution in [1.82, 2.24) is 9.55 Å². The molecule has 2 N–H and O–H groups in total. The highest BCUT2D eigenvalue weighted by Crippen LogP contribution is 2.25. The highest BCUT2D eigenvalue weighted by atomic mass is 16.3. The number of nitrogens with two attached hydrogens (primary N) is 1. The van der Waals surface area contributed by atoms with E-state index in [0.717, 1.165) is 35.5 Å². The first-order valence-electron chi connectivity index (χ1n) is 6.90. The van der Waals surface area contributed by atoms with Crippen LogP contribution in [0.5, 0.6) is 0 Å². The molecule has 2 aromatic heterocycles. The van der Waals surface area contributed by atoms with Gasteiger partial charge in [-0.25, -0.2) is 4.98 Å². The third-order valence-corrected chi connectivity index (χ3v) is 3.58. The number of benzene rings is 1. The van der Waals surface area contributed by atoms with Gasteiger partial charge >= 0.3 is 0 Å². The van der Waals surface area contributed by atoms with Crippen LogP contribution in [0.2, 0.25) is 0 Å². The van der Waals surface area contributed by atoms with Gasteiger partial charge in [-0.15, -0.1) is 0 Å². The minimum Gasteiger partial charge on any atom is -0.461 e. The van der Waals surface area contributed by atoms with Crippen molar-refractivity contribution in [2.45, 2.75) is 25.8 Å². The van der Waals surface area contributed by atoms with Gasteiger partial charge in [-0.1, -0.05) is 6.07 Å². The average Bonchev–Trinajstić information content (AvgIpc) is 3.05. The Balaban J connectivity index is 2.00. The van der Waals surface area contributed by atoms with Crippen LogP contribution in [0.4, 0.5) is 0 Å². The first-order chi connectivity index (χ1) is 9.65. The standard InChI is InChI=1S/C16H19N3O/c1-11(17)5-6-12-7-8-13-14(10-12)19(2)16(18-13)15-4-3-9-20-15/h3-4,7-11H,5-6,17H2,1-2H3. The Hall–Kier alpha value is -2.07. The molecule has 0 bridgehead atoms. The fraction of sp³-hybridized carbons (Fsp3) is 0.312. The van der Waals surface area contributed by atoms with Crippen molar-refractivity contribution in [3.63, 3.8) is 0 Å². The SMILES string of the molecule is CC(N)CCc1ccc2nc(-c3ccco3)n(C)c2c1. The number of aromatic nitrogens is 2. The lowest BCUT2D eigenvalue weighted by Gasteiger charge is -2.05. The molecule has 4 heteroatoms. The maximum Gasteiger partial charge on any atom is 0.176 e. The zero-order valence-electron chi connectivity index (χ0n) is 11.8. The van der Waals surface area contributed by atoms with Crippen molar-refractivity contribution < 1.29 is 4.42 Å². The first-order valence-corrected chi connectivity index (χ1v) is 6.90. The van der Waals surface area contributed by atoms with E-state index in [4.69, 9.17) is 10.2 Å². The summed E-state index contributed by atoms with van der Waals surface area (Å²) in [7, 11) is 2.02. The lowest BCUT2D eigenvalue weighted by atomic mass is 10.1. The monoisotopic (exact) mass is 269 g/mol. The lowest BCUT2D eigenvalue weighted by Crippen LogP contribution is -2.15. The number of aryl methyl sites for hydroxylation is 2. The number of rotatable bonds is 4. The van der Waals surface area contributed by atoms with Crippen LogP contribution >= 0.6 is 0 Å². The summed E-state index contributed by atoms with van der Waals surface area (Å²) in [5.41, 5.74) is 9.23. The summed E-state index contributed by atoms with van der Waals surface area (Å²) in [4.78, 5) is 4.64. The van der Waals surface area contributed by atoms with E-state index in [9.17, 15) is 0 Å². The number of fused-ring (bicyclic) bond motifs is 1. The topological polar surface area (TPSA) is 57.0 Å². The van der Waals surface area contributed by atoms with Gasteiger partial charge in [0.05, 0.1) is 17.3 Å². The third-order valence-electron chi connectivity index (χ3n) is 3.58. The second kappa shape index (κ2) is 5.13. The summed E-state index contributed by atoms with van der Waals surface area (Å²) >= 11 is 0. The van der Waals surface area contributed by atoms with Crippen molar-refractivity contribution >= 4 is 11.0 Å². The Morgan fingerprint density at radius 1 is 1.35 bits per heavy atom. The molecule has 0 aliphatic rings. The van der Waals surface area contributed by atoms with Gasteiger partial charge < -0.3 is 14.7 Å². The molecule has 0 radical (unpaired) electrons. The van der Waals surface area contributed by atoms with E-state index >= 15 is 0 Å². The smallest absolute Gasteiger partial charge is 0.176 e. The van der Waals surface area contributed by atoms with Crippen LogP contribution in [0.15, 0.2) is 41.0 Å². The Bertz CT molecular complexity index is 711. The van der Waals surface area contributed by atoms with Gasteiger partial charge in [0.25, 0.3) is 0 Å².